The Morgan fingerprint density at radius 3 is 2.78 bits per heavy atom. The number of nitriles is 2. The molecule has 0 radical (unpaired) electrons. The summed E-state index contributed by atoms with van der Waals surface area (Å²) < 4.78 is 2.15. The summed E-state index contributed by atoms with van der Waals surface area (Å²) in [6.45, 7) is 1.45. The molecule has 5 rings (SSSR count). The van der Waals surface area contributed by atoms with Gasteiger partial charge in [-0.15, -0.1) is 0 Å². The first kappa shape index (κ1) is 15.6. The number of fused-ring (bicyclic) bond motifs is 2. The minimum Gasteiger partial charge on any atom is -0.346 e. The largest absolute Gasteiger partial charge is 0.346 e. The molecule has 1 aromatic carbocycles. The van der Waals surface area contributed by atoms with Gasteiger partial charge in [-0.3, -0.25) is 0 Å². The van der Waals surface area contributed by atoms with Gasteiger partial charge in [0.15, 0.2) is 0 Å². The van der Waals surface area contributed by atoms with Gasteiger partial charge in [-0.25, -0.2) is 9.97 Å². The number of hydrogen-bond acceptors (Lipinski definition) is 5. The van der Waals surface area contributed by atoms with Crippen LogP contribution in [0.2, 0.25) is 0 Å². The predicted molar refractivity (Wildman–Crippen MR) is 101 cm³/mol. The van der Waals surface area contributed by atoms with Crippen LogP contribution < -0.4 is 5.32 Å². The minimum absolute atomic E-state index is 0.302. The highest BCUT2D eigenvalue weighted by molar-refractivity contribution is 6.02. The van der Waals surface area contributed by atoms with E-state index in [4.69, 9.17) is 0 Å². The van der Waals surface area contributed by atoms with E-state index in [-0.39, 0.29) is 5.54 Å². The molecule has 1 saturated heterocycles. The maximum Gasteiger partial charge on any atom is 0.141 e. The van der Waals surface area contributed by atoms with Crippen molar-refractivity contribution in [3.05, 3.63) is 48.5 Å². The van der Waals surface area contributed by atoms with E-state index >= 15 is 0 Å². The van der Waals surface area contributed by atoms with Gasteiger partial charge in [-0.2, -0.15) is 10.5 Å². The number of nitrogens with one attached hydrogen (secondary N) is 2. The fourth-order valence-corrected chi connectivity index (χ4v) is 3.91. The molecule has 7 nitrogen and oxygen atoms in total. The number of rotatable bonds is 3. The maximum absolute atomic E-state index is 9.37. The van der Waals surface area contributed by atoms with Crippen LogP contribution >= 0.6 is 0 Å². The quantitative estimate of drug-likeness (QED) is 0.589. The number of benzene rings is 1. The van der Waals surface area contributed by atoms with Crippen LogP contribution in [0.4, 0.5) is 0 Å². The molecule has 0 atom stereocenters. The molecule has 0 saturated carbocycles. The van der Waals surface area contributed by atoms with E-state index in [1.165, 1.54) is 0 Å². The molecule has 0 spiro atoms. The Balaban J connectivity index is 1.83. The first-order valence-electron chi connectivity index (χ1n) is 8.67. The number of aromatic nitrogens is 4. The smallest absolute Gasteiger partial charge is 0.141 e. The Bertz CT molecular complexity index is 1260. The predicted octanol–water partition coefficient (Wildman–Crippen LogP) is 2.66. The molecule has 3 aromatic heterocycles. The third kappa shape index (κ3) is 2.16. The summed E-state index contributed by atoms with van der Waals surface area (Å²) in [5.74, 6) is 0. The Labute approximate surface area is 154 Å². The Morgan fingerprint density at radius 2 is 2.04 bits per heavy atom. The molecule has 2 N–H and O–H groups in total. The summed E-state index contributed by atoms with van der Waals surface area (Å²) in [7, 11) is 0. The van der Waals surface area contributed by atoms with Gasteiger partial charge in [-0.1, -0.05) is 6.07 Å². The van der Waals surface area contributed by atoms with Crippen molar-refractivity contribution in [2.75, 3.05) is 13.1 Å². The average Bonchev–Trinajstić information content (AvgIpc) is 3.29. The molecule has 1 aliphatic rings. The van der Waals surface area contributed by atoms with Crippen LogP contribution in [-0.4, -0.2) is 32.6 Å². The first-order chi connectivity index (χ1) is 13.3. The van der Waals surface area contributed by atoms with E-state index in [1.807, 2.05) is 30.5 Å². The molecule has 27 heavy (non-hydrogen) atoms. The summed E-state index contributed by atoms with van der Waals surface area (Å²) in [4.78, 5) is 11.9. The van der Waals surface area contributed by atoms with Gasteiger partial charge in [-0.05, 0) is 18.2 Å². The fourth-order valence-electron chi connectivity index (χ4n) is 3.91. The van der Waals surface area contributed by atoms with Gasteiger partial charge in [0.1, 0.15) is 12.0 Å². The molecule has 4 aromatic rings. The lowest BCUT2D eigenvalue weighted by Crippen LogP contribution is -2.60. The zero-order chi connectivity index (χ0) is 18.4. The van der Waals surface area contributed by atoms with Crippen molar-refractivity contribution in [1.82, 2.24) is 24.8 Å². The van der Waals surface area contributed by atoms with Crippen molar-refractivity contribution in [2.24, 2.45) is 0 Å². The molecule has 130 valence electrons. The monoisotopic (exact) mass is 353 g/mol. The molecule has 1 fully saturated rings. The van der Waals surface area contributed by atoms with Crippen LogP contribution in [0.25, 0.3) is 33.2 Å². The third-order valence-electron chi connectivity index (χ3n) is 5.37. The van der Waals surface area contributed by atoms with Crippen LogP contribution in [0.5, 0.6) is 0 Å². The summed E-state index contributed by atoms with van der Waals surface area (Å²) in [6, 6.07) is 12.2. The zero-order valence-electron chi connectivity index (χ0n) is 14.4. The SMILES string of the molecule is N#CCC1(n2cc(-c3ncnc4[nH]ccc34)c3ccc(C#N)cc32)CNC1. The molecular formula is C20H15N7. The van der Waals surface area contributed by atoms with Crippen molar-refractivity contribution in [3.8, 4) is 23.4 Å². The second-order valence-electron chi connectivity index (χ2n) is 6.88. The van der Waals surface area contributed by atoms with E-state index in [1.54, 1.807) is 6.33 Å². The second-order valence-corrected chi connectivity index (χ2v) is 6.88. The lowest BCUT2D eigenvalue weighted by molar-refractivity contribution is 0.187. The molecule has 4 heterocycles. The molecule has 7 heteroatoms. The summed E-state index contributed by atoms with van der Waals surface area (Å²) >= 11 is 0. The van der Waals surface area contributed by atoms with Crippen LogP contribution in [0.3, 0.4) is 0 Å². The molecule has 0 unspecified atom stereocenters. The first-order valence-corrected chi connectivity index (χ1v) is 8.67. The Morgan fingerprint density at radius 1 is 1.15 bits per heavy atom. The number of hydrogen-bond donors (Lipinski definition) is 2. The standard InChI is InChI=1S/C20H15N7/c21-5-4-20(10-23-11-20)27-9-16(14-2-1-13(8-22)7-17(14)27)18-15-3-6-24-19(15)26-12-25-18/h1-3,6-7,9,12,23H,4,10-11H2,(H,24,25,26). The van der Waals surface area contributed by atoms with Gasteiger partial charge >= 0.3 is 0 Å². The van der Waals surface area contributed by atoms with Crippen molar-refractivity contribution in [2.45, 2.75) is 12.0 Å². The Kier molecular flexibility index (Phi) is 3.27. The van der Waals surface area contributed by atoms with Gasteiger partial charge in [0.05, 0.1) is 40.9 Å². The maximum atomic E-state index is 9.37. The zero-order valence-corrected chi connectivity index (χ0v) is 14.4. The van der Waals surface area contributed by atoms with Gasteiger partial charge in [0, 0.05) is 41.8 Å². The average molecular weight is 353 g/mol. The van der Waals surface area contributed by atoms with E-state index in [9.17, 15) is 10.5 Å². The normalized spacial score (nSPS) is 15.3. The number of nitrogens with zero attached hydrogens (tertiary/aromatic N) is 5. The van der Waals surface area contributed by atoms with Crippen LogP contribution in [0, 0.1) is 22.7 Å². The minimum atomic E-state index is -0.302. The Hall–Kier alpha value is -3.68. The number of aromatic amines is 1. The number of H-pyrrole nitrogens is 1. The fraction of sp³-hybridized carbons (Fsp3) is 0.200. The van der Waals surface area contributed by atoms with Gasteiger partial charge < -0.3 is 14.9 Å². The third-order valence-corrected chi connectivity index (χ3v) is 5.37. The lowest BCUT2D eigenvalue weighted by atomic mass is 9.88. The topological polar surface area (TPSA) is 106 Å². The second kappa shape index (κ2) is 5.66. The van der Waals surface area contributed by atoms with Gasteiger partial charge in [0.25, 0.3) is 0 Å². The van der Waals surface area contributed by atoms with E-state index in [0.717, 1.165) is 46.3 Å². The van der Waals surface area contributed by atoms with E-state index in [0.29, 0.717) is 12.0 Å². The van der Waals surface area contributed by atoms with Gasteiger partial charge in [0.2, 0.25) is 0 Å². The lowest BCUT2D eigenvalue weighted by Gasteiger charge is -2.43. The van der Waals surface area contributed by atoms with Crippen LogP contribution in [0.1, 0.15) is 12.0 Å². The van der Waals surface area contributed by atoms with Crippen molar-refractivity contribution >= 4 is 21.9 Å². The summed E-state index contributed by atoms with van der Waals surface area (Å²) in [5.41, 5.74) is 3.85. The summed E-state index contributed by atoms with van der Waals surface area (Å²) in [5, 5.41) is 24.0. The highest BCUT2D eigenvalue weighted by atomic mass is 15.2. The van der Waals surface area contributed by atoms with Crippen LogP contribution in [0.15, 0.2) is 43.0 Å². The van der Waals surface area contributed by atoms with Crippen LogP contribution in [-0.2, 0) is 5.54 Å². The molecular weight excluding hydrogens is 338 g/mol. The summed E-state index contributed by atoms with van der Waals surface area (Å²) in [6.07, 6.45) is 5.88. The highest BCUT2D eigenvalue weighted by Gasteiger charge is 2.40. The van der Waals surface area contributed by atoms with Crippen molar-refractivity contribution in [1.29, 1.82) is 10.5 Å². The highest BCUT2D eigenvalue weighted by Crippen LogP contribution is 2.38. The van der Waals surface area contributed by atoms with Crippen molar-refractivity contribution in [3.63, 3.8) is 0 Å². The molecule has 0 bridgehead atoms. The van der Waals surface area contributed by atoms with E-state index in [2.05, 4.69) is 43.2 Å². The van der Waals surface area contributed by atoms with E-state index < -0.39 is 0 Å². The molecule has 0 amide bonds. The van der Waals surface area contributed by atoms with Crippen molar-refractivity contribution < 1.29 is 0 Å². The molecule has 0 aliphatic carbocycles. The molecule has 1 aliphatic heterocycles.